The van der Waals surface area contributed by atoms with Crippen LogP contribution in [-0.2, 0) is 90.0 Å². The van der Waals surface area contributed by atoms with Crippen molar-refractivity contribution in [2.45, 2.75) is 244 Å². The van der Waals surface area contributed by atoms with Crippen LogP contribution >= 0.6 is 0 Å². The lowest BCUT2D eigenvalue weighted by Crippen LogP contribution is -2.50. The van der Waals surface area contributed by atoms with E-state index in [0.29, 0.717) is 117 Å². The molecule has 0 aromatic heterocycles. The van der Waals surface area contributed by atoms with Crippen LogP contribution in [0.4, 0.5) is 32.8 Å². The van der Waals surface area contributed by atoms with Gasteiger partial charge < -0.3 is 58.9 Å². The van der Waals surface area contributed by atoms with E-state index in [1.807, 2.05) is 276 Å². The third-order valence-corrected chi connectivity index (χ3v) is 29.1. The molecular weight excluding hydrogens is 1850 g/mol. The Kier molecular flexibility index (Phi) is 29.5. The number of halogens is 1. The van der Waals surface area contributed by atoms with E-state index >= 15 is 0 Å². The SMILES string of the molecule is Cc1c2c3c(c([C@H](OC(C)(C)C)C(=O)O)c1-c1ccc4c(c1)CCCO4)CCCN3S(=O)(=O)N(c1ccccc1)C2.Cc1ccc(-c2c(C)c3c(c(C)c2[C@H](OC(C)(C)C)C(=O)O)N=Cc2ccccc2O3)cc1.Cc1ccc(-c2c(C)c3c(c(C)c2[C@H](OC(C)(C)C)C(=O)O)NCc2ccccc2O3)cc1.Cc1ccc(-c2c(C)c3c(c(C)c2[C@H](OC(C)(C)C)C(=O)O)NS(=O)(=O)Cc2cc(F)ccc2-3)cc1. The second-order valence-corrected chi connectivity index (χ2v) is 44.8. The molecule has 0 radical (unpaired) electrons. The maximum atomic E-state index is 14.1. The molecular formula is C116H126FN5O19S2. The predicted molar refractivity (Wildman–Crippen MR) is 560 cm³/mol. The minimum absolute atomic E-state index is 0.163. The van der Waals surface area contributed by atoms with Crippen LogP contribution in [0.5, 0.6) is 28.7 Å². The molecule has 0 spiro atoms. The summed E-state index contributed by atoms with van der Waals surface area (Å²) in [6, 6.07) is 58.9. The van der Waals surface area contributed by atoms with Gasteiger partial charge in [0.2, 0.25) is 10.0 Å². The first-order valence-corrected chi connectivity index (χ1v) is 51.1. The summed E-state index contributed by atoms with van der Waals surface area (Å²) in [5, 5.41) is 44.8. The normalized spacial score (nSPS) is 15.4. The maximum absolute atomic E-state index is 14.1. The van der Waals surface area contributed by atoms with Gasteiger partial charge >= 0.3 is 34.1 Å². The van der Waals surface area contributed by atoms with Gasteiger partial charge in [0.05, 0.1) is 64.1 Å². The van der Waals surface area contributed by atoms with Gasteiger partial charge in [-0.15, -0.1) is 0 Å². The highest BCUT2D eigenvalue weighted by Gasteiger charge is 2.47. The van der Waals surface area contributed by atoms with Gasteiger partial charge in [-0.1, -0.05) is 150 Å². The highest BCUT2D eigenvalue weighted by molar-refractivity contribution is 7.94. The number of anilines is 4. The van der Waals surface area contributed by atoms with E-state index in [-0.39, 0.29) is 12.2 Å². The summed E-state index contributed by atoms with van der Waals surface area (Å²) < 4.78 is 117. The van der Waals surface area contributed by atoms with Gasteiger partial charge in [-0.25, -0.2) is 36.3 Å². The number of carboxylic acids is 4. The Morgan fingerprint density at radius 3 is 1.42 bits per heavy atom. The van der Waals surface area contributed by atoms with Crippen LogP contribution in [0.1, 0.15) is 232 Å². The number of ether oxygens (including phenoxy) is 7. The lowest BCUT2D eigenvalue weighted by molar-refractivity contribution is -0.161. The van der Waals surface area contributed by atoms with Gasteiger partial charge in [0.25, 0.3) is 0 Å². The molecule has 18 rings (SSSR count). The van der Waals surface area contributed by atoms with Crippen molar-refractivity contribution in [1.29, 1.82) is 0 Å². The van der Waals surface area contributed by atoms with Crippen LogP contribution in [-0.4, -0.2) is 103 Å². The molecule has 6 aliphatic heterocycles. The number of hydrogen-bond donors (Lipinski definition) is 6. The lowest BCUT2D eigenvalue weighted by atomic mass is 9.80. The fourth-order valence-corrected chi connectivity index (χ4v) is 22.8. The highest BCUT2D eigenvalue weighted by atomic mass is 32.2. The number of nitrogens with one attached hydrogen (secondary N) is 2. The average Bonchev–Trinajstić information content (AvgIpc) is 1.22. The Labute approximate surface area is 837 Å². The average molecular weight is 1980 g/mol. The Balaban J connectivity index is 0.000000144. The zero-order chi connectivity index (χ0) is 104. The van der Waals surface area contributed by atoms with Crippen molar-refractivity contribution >= 4 is 78.8 Å². The van der Waals surface area contributed by atoms with Gasteiger partial charge in [0.15, 0.2) is 35.9 Å². The van der Waals surface area contributed by atoms with Crippen LogP contribution in [0.25, 0.3) is 55.6 Å². The first-order chi connectivity index (χ1) is 67.3. The Hall–Kier alpha value is -13.5. The summed E-state index contributed by atoms with van der Waals surface area (Å²) in [6.07, 6.45) is -0.215. The number of aliphatic imine (C=N–C) groups is 1. The fraction of sp³-hybridized carbons (Fsp3) is 0.336. The second-order valence-electron chi connectivity index (χ2n) is 41.3. The molecule has 0 aliphatic carbocycles. The molecule has 4 atom stereocenters. The topological polar surface area (TPSA) is 325 Å². The van der Waals surface area contributed by atoms with Crippen molar-refractivity contribution in [3.63, 3.8) is 0 Å². The van der Waals surface area contributed by atoms with Crippen molar-refractivity contribution in [1.82, 2.24) is 0 Å². The van der Waals surface area contributed by atoms with Crippen LogP contribution in [0.2, 0.25) is 0 Å². The van der Waals surface area contributed by atoms with Gasteiger partial charge in [-0.2, -0.15) is 8.42 Å². The molecule has 143 heavy (non-hydrogen) atoms. The third-order valence-electron chi connectivity index (χ3n) is 26.0. The maximum Gasteiger partial charge on any atom is 0.337 e. The lowest BCUT2D eigenvalue weighted by Gasteiger charge is -2.44. The number of para-hydroxylation sites is 3. The van der Waals surface area contributed by atoms with Gasteiger partial charge in [0, 0.05) is 74.9 Å². The van der Waals surface area contributed by atoms with E-state index in [4.69, 9.17) is 38.2 Å². The molecule has 0 bridgehead atoms. The first-order valence-electron chi connectivity index (χ1n) is 48.0. The smallest absolute Gasteiger partial charge is 0.337 e. The molecule has 12 aromatic carbocycles. The van der Waals surface area contributed by atoms with Crippen molar-refractivity contribution in [2.75, 3.05) is 31.8 Å². The number of sulfonamides is 1. The number of carboxylic acid groups (broad SMARTS) is 4. The van der Waals surface area contributed by atoms with E-state index in [1.54, 1.807) is 52.1 Å². The van der Waals surface area contributed by atoms with Crippen LogP contribution in [0.3, 0.4) is 0 Å². The molecule has 6 aliphatic rings. The number of hydrogen-bond acceptors (Lipinski definition) is 17. The van der Waals surface area contributed by atoms with Crippen molar-refractivity contribution < 1.29 is 94.0 Å². The zero-order valence-electron chi connectivity index (χ0n) is 85.1. The quantitative estimate of drug-likeness (QED) is 0.0493. The van der Waals surface area contributed by atoms with Crippen molar-refractivity contribution in [2.24, 2.45) is 4.99 Å². The fourth-order valence-electron chi connectivity index (χ4n) is 19.8. The summed E-state index contributed by atoms with van der Waals surface area (Å²) in [4.78, 5) is 55.2. The van der Waals surface area contributed by atoms with Crippen LogP contribution < -0.4 is 32.9 Å². The van der Waals surface area contributed by atoms with Crippen molar-refractivity contribution in [3.8, 4) is 84.4 Å². The third kappa shape index (κ3) is 22.0. The molecule has 0 saturated carbocycles. The Bertz CT molecular complexity index is 7280. The first kappa shape index (κ1) is 104. The molecule has 0 unspecified atom stereocenters. The Morgan fingerprint density at radius 2 is 0.888 bits per heavy atom. The molecule has 0 fully saturated rings. The van der Waals surface area contributed by atoms with E-state index in [9.17, 15) is 60.8 Å². The van der Waals surface area contributed by atoms with E-state index < -0.39 is 102 Å². The second kappa shape index (κ2) is 40.7. The number of nitrogens with zero attached hydrogens (tertiary/aromatic N) is 3. The number of aliphatic carboxylic acids is 4. The predicted octanol–water partition coefficient (Wildman–Crippen LogP) is 26.2. The van der Waals surface area contributed by atoms with Crippen molar-refractivity contribution in [3.05, 3.63) is 305 Å². The van der Waals surface area contributed by atoms with E-state index in [2.05, 4.69) is 16.1 Å². The number of rotatable bonds is 17. The largest absolute Gasteiger partial charge is 0.493 e. The summed E-state index contributed by atoms with van der Waals surface area (Å²) in [5.41, 5.74) is 23.6. The summed E-state index contributed by atoms with van der Waals surface area (Å²) in [7, 11) is -7.78. The molecule has 748 valence electrons. The molecule has 0 amide bonds. The van der Waals surface area contributed by atoms with Crippen LogP contribution in [0.15, 0.2) is 193 Å². The molecule has 24 nitrogen and oxygen atoms in total. The molecule has 0 saturated heterocycles. The van der Waals surface area contributed by atoms with Gasteiger partial charge in [-0.3, -0.25) is 14.0 Å². The highest BCUT2D eigenvalue weighted by Crippen LogP contribution is 2.57. The molecule has 6 N–H and O–H groups in total. The number of benzene rings is 12. The Morgan fingerprint density at radius 1 is 0.427 bits per heavy atom. The van der Waals surface area contributed by atoms with Gasteiger partial charge in [-0.05, 0) is 327 Å². The van der Waals surface area contributed by atoms with E-state index in [1.165, 1.54) is 20.7 Å². The molecule has 27 heteroatoms. The standard InChI is InChI=1S/C32H36N2O6S.C28H30FNO5S.C28H31NO4.C28H29NO4/c1-20-25-19-34(23-11-6-5-7-12-23)41(37,38)33-16-8-13-24(29(25)33)28(30(31(35)36)40-32(2,3)4)27(20)22-14-15-26-21(18-22)10-9-17-39-26;1-15-7-9-18(10-8-15)22-16(2)23-21-12-11-20(29)13-19(21)14-36(33,34)30-25(23)17(3)24(22)26(27(31)32)35-28(4,5)6;2*1-16-11-13-19(14-12-16)22-18(3)25-24(29-15-20-9-7-8-10-21(20)32-25)17(2)23(22)26(27(30)31)33-28(4,5)6/h5-7,11-12,14-15,18,30H,8-10,13,16-17,19H2,1-4H3,(H,35,36);7-13,26,30H,14H2,1-6H3,(H,31,32);7-14,26,29H,15H2,1-6H3,(H,30,31);7-15,26H,1-6H3,(H,30,31)/t30-;3*26-/m0000/s1. The summed E-state index contributed by atoms with van der Waals surface area (Å²) in [6.45, 7) is 43.1. The van der Waals surface area contributed by atoms with Gasteiger partial charge in [0.1, 0.15) is 28.8 Å². The number of fused-ring (bicyclic) bond motifs is 8. The zero-order valence-corrected chi connectivity index (χ0v) is 86.7. The van der Waals surface area contributed by atoms with E-state index in [0.717, 1.165) is 147 Å². The minimum atomic E-state index is -3.89. The van der Waals surface area contributed by atoms with Crippen LogP contribution in [0, 0.1) is 75.1 Å². The summed E-state index contributed by atoms with van der Waals surface area (Å²) >= 11 is 0. The number of carbonyl (C=O) groups is 4. The summed E-state index contributed by atoms with van der Waals surface area (Å²) in [5.74, 6) is -1.54. The molecule has 12 aromatic rings. The minimum Gasteiger partial charge on any atom is -0.493 e. The monoisotopic (exact) mass is 1980 g/mol. The number of aryl methyl sites for hydroxylation is 4. The molecule has 6 heterocycles.